The number of hydrogen-bond acceptors (Lipinski definition) is 4. The summed E-state index contributed by atoms with van der Waals surface area (Å²) in [4.78, 5) is 24.8. The minimum absolute atomic E-state index is 0.00856. The van der Waals surface area contributed by atoms with Gasteiger partial charge in [-0.2, -0.15) is 4.31 Å². The number of anilines is 1. The summed E-state index contributed by atoms with van der Waals surface area (Å²) in [6, 6.07) is 18.7. The molecule has 1 N–H and O–H groups in total. The molecule has 2 atom stereocenters. The SMILES string of the molecule is Cc1ccc(C(=O)Nc2ccc(S(=O)(=O)N3C[C@@H]4C[C@@H](C3)c3cccc(=O)n3C4)cc2)cc1. The van der Waals surface area contributed by atoms with Crippen molar-refractivity contribution in [2.24, 2.45) is 5.92 Å². The fourth-order valence-corrected chi connectivity index (χ4v) is 6.38. The number of pyridine rings is 1. The number of carbonyl (C=O) groups is 1. The van der Waals surface area contributed by atoms with E-state index >= 15 is 0 Å². The summed E-state index contributed by atoms with van der Waals surface area (Å²) in [5.41, 5.74) is 3.02. The van der Waals surface area contributed by atoms with Crippen molar-refractivity contribution < 1.29 is 13.2 Å². The average molecular weight is 464 g/mol. The maximum absolute atomic E-state index is 13.4. The van der Waals surface area contributed by atoms with Crippen LogP contribution in [0.1, 0.15) is 34.0 Å². The normalized spacial score (nSPS) is 20.2. The highest BCUT2D eigenvalue weighted by Gasteiger charge is 2.39. The summed E-state index contributed by atoms with van der Waals surface area (Å²) in [5, 5.41) is 2.80. The molecular formula is C25H25N3O4S. The fourth-order valence-electron chi connectivity index (χ4n) is 4.82. The lowest BCUT2D eigenvalue weighted by molar-refractivity contribution is 0.102. The Bertz CT molecular complexity index is 1360. The molecule has 2 aliphatic heterocycles. The predicted octanol–water partition coefficient (Wildman–Crippen LogP) is 3.22. The third kappa shape index (κ3) is 4.12. The van der Waals surface area contributed by atoms with Crippen LogP contribution in [0.4, 0.5) is 5.69 Å². The van der Waals surface area contributed by atoms with Crippen LogP contribution in [-0.2, 0) is 16.6 Å². The van der Waals surface area contributed by atoms with E-state index in [4.69, 9.17) is 0 Å². The number of benzene rings is 2. The van der Waals surface area contributed by atoms with Gasteiger partial charge in [-0.25, -0.2) is 8.42 Å². The second-order valence-corrected chi connectivity index (χ2v) is 10.8. The molecule has 0 radical (unpaired) electrons. The van der Waals surface area contributed by atoms with E-state index in [1.54, 1.807) is 41.0 Å². The third-order valence-electron chi connectivity index (χ3n) is 6.51. The number of aromatic nitrogens is 1. The Labute approximate surface area is 192 Å². The van der Waals surface area contributed by atoms with Crippen LogP contribution >= 0.6 is 0 Å². The quantitative estimate of drug-likeness (QED) is 0.644. The van der Waals surface area contributed by atoms with Crippen molar-refractivity contribution in [1.82, 2.24) is 8.87 Å². The topological polar surface area (TPSA) is 88.5 Å². The van der Waals surface area contributed by atoms with Crippen molar-refractivity contribution in [2.75, 3.05) is 18.4 Å². The highest BCUT2D eigenvalue weighted by Crippen LogP contribution is 2.37. The lowest BCUT2D eigenvalue weighted by Crippen LogP contribution is -2.48. The highest BCUT2D eigenvalue weighted by molar-refractivity contribution is 7.89. The Hall–Kier alpha value is -3.23. The second kappa shape index (κ2) is 8.28. The van der Waals surface area contributed by atoms with Crippen molar-refractivity contribution in [3.05, 3.63) is 93.9 Å². The van der Waals surface area contributed by atoms with Crippen molar-refractivity contribution in [3.63, 3.8) is 0 Å². The Morgan fingerprint density at radius 3 is 2.39 bits per heavy atom. The Morgan fingerprint density at radius 2 is 1.67 bits per heavy atom. The van der Waals surface area contributed by atoms with Gasteiger partial charge in [0.2, 0.25) is 10.0 Å². The number of nitrogens with one attached hydrogen (secondary N) is 1. The van der Waals surface area contributed by atoms with E-state index in [-0.39, 0.29) is 28.2 Å². The van der Waals surface area contributed by atoms with Crippen LogP contribution in [0.5, 0.6) is 0 Å². The summed E-state index contributed by atoms with van der Waals surface area (Å²) in [7, 11) is -3.69. The van der Waals surface area contributed by atoms with Crippen LogP contribution in [0.3, 0.4) is 0 Å². The lowest BCUT2D eigenvalue weighted by atomic mass is 9.84. The number of piperidine rings is 1. The number of fused-ring (bicyclic) bond motifs is 4. The first kappa shape index (κ1) is 21.6. The summed E-state index contributed by atoms with van der Waals surface area (Å²) in [6.07, 6.45) is 0.888. The summed E-state index contributed by atoms with van der Waals surface area (Å²) in [5.74, 6) is -0.128. The van der Waals surface area contributed by atoms with E-state index in [9.17, 15) is 18.0 Å². The van der Waals surface area contributed by atoms with E-state index in [2.05, 4.69) is 5.32 Å². The van der Waals surface area contributed by atoms with E-state index in [1.165, 1.54) is 16.4 Å². The zero-order valence-electron chi connectivity index (χ0n) is 18.3. The first-order chi connectivity index (χ1) is 15.8. The first-order valence-corrected chi connectivity index (χ1v) is 12.4. The molecule has 1 saturated heterocycles. The molecule has 3 aromatic rings. The minimum atomic E-state index is -3.69. The van der Waals surface area contributed by atoms with Gasteiger partial charge in [0.15, 0.2) is 0 Å². The van der Waals surface area contributed by atoms with E-state index in [0.717, 1.165) is 17.7 Å². The first-order valence-electron chi connectivity index (χ1n) is 11.0. The largest absolute Gasteiger partial charge is 0.322 e. The molecule has 0 spiro atoms. The predicted molar refractivity (Wildman–Crippen MR) is 126 cm³/mol. The molecule has 0 unspecified atom stereocenters. The van der Waals surface area contributed by atoms with Crippen molar-refractivity contribution in [2.45, 2.75) is 30.7 Å². The zero-order valence-corrected chi connectivity index (χ0v) is 19.1. The van der Waals surface area contributed by atoms with Gasteiger partial charge in [0.25, 0.3) is 11.5 Å². The molecular weight excluding hydrogens is 438 g/mol. The lowest BCUT2D eigenvalue weighted by Gasteiger charge is -2.42. The molecule has 3 heterocycles. The van der Waals surface area contributed by atoms with Gasteiger partial charge >= 0.3 is 0 Å². The standard InChI is InChI=1S/C25H25N3O4S/c1-17-5-7-19(8-6-17)25(30)26-21-9-11-22(12-10-21)33(31,32)27-14-18-13-20(16-27)23-3-2-4-24(29)28(23)15-18/h2-12,18,20H,13-16H2,1H3,(H,26,30)/t18-,20-/m0/s1. The van der Waals surface area contributed by atoms with Gasteiger partial charge in [-0.3, -0.25) is 9.59 Å². The summed E-state index contributed by atoms with van der Waals surface area (Å²) >= 11 is 0. The molecule has 2 aromatic carbocycles. The zero-order chi connectivity index (χ0) is 23.2. The summed E-state index contributed by atoms with van der Waals surface area (Å²) in [6.45, 7) is 3.25. The maximum Gasteiger partial charge on any atom is 0.255 e. The van der Waals surface area contributed by atoms with Crippen LogP contribution < -0.4 is 10.9 Å². The fraction of sp³-hybridized carbons (Fsp3) is 0.280. The molecule has 33 heavy (non-hydrogen) atoms. The molecule has 2 aliphatic rings. The molecule has 5 rings (SSSR count). The molecule has 1 aromatic heterocycles. The van der Waals surface area contributed by atoms with Gasteiger partial charge in [0.1, 0.15) is 0 Å². The van der Waals surface area contributed by atoms with E-state index in [1.807, 2.05) is 25.1 Å². The molecule has 0 saturated carbocycles. The molecule has 170 valence electrons. The van der Waals surface area contributed by atoms with Crippen molar-refractivity contribution >= 4 is 21.6 Å². The number of hydrogen-bond donors (Lipinski definition) is 1. The number of carbonyl (C=O) groups excluding carboxylic acids is 1. The van der Waals surface area contributed by atoms with Gasteiger partial charge in [-0.15, -0.1) is 0 Å². The smallest absolute Gasteiger partial charge is 0.255 e. The Balaban J connectivity index is 1.33. The number of aryl methyl sites for hydroxylation is 1. The van der Waals surface area contributed by atoms with Crippen LogP contribution in [0.2, 0.25) is 0 Å². The molecule has 1 fully saturated rings. The van der Waals surface area contributed by atoms with Gasteiger partial charge in [0.05, 0.1) is 4.90 Å². The molecule has 7 nitrogen and oxygen atoms in total. The summed E-state index contributed by atoms with van der Waals surface area (Å²) < 4.78 is 30.0. The molecule has 8 heteroatoms. The Kier molecular flexibility index (Phi) is 5.42. The monoisotopic (exact) mass is 463 g/mol. The third-order valence-corrected chi connectivity index (χ3v) is 8.36. The van der Waals surface area contributed by atoms with E-state index in [0.29, 0.717) is 30.9 Å². The average Bonchev–Trinajstić information content (AvgIpc) is 2.80. The number of nitrogens with zero attached hydrogens (tertiary/aromatic N) is 2. The van der Waals surface area contributed by atoms with Crippen LogP contribution in [0, 0.1) is 12.8 Å². The van der Waals surface area contributed by atoms with Crippen LogP contribution in [0.25, 0.3) is 0 Å². The van der Waals surface area contributed by atoms with Gasteiger partial charge in [0, 0.05) is 48.6 Å². The number of sulfonamides is 1. The second-order valence-electron chi connectivity index (χ2n) is 8.86. The van der Waals surface area contributed by atoms with E-state index < -0.39 is 10.0 Å². The Morgan fingerprint density at radius 1 is 0.939 bits per heavy atom. The molecule has 2 bridgehead atoms. The number of rotatable bonds is 4. The number of amides is 1. The van der Waals surface area contributed by atoms with Gasteiger partial charge < -0.3 is 9.88 Å². The highest BCUT2D eigenvalue weighted by atomic mass is 32.2. The maximum atomic E-state index is 13.4. The molecule has 1 amide bonds. The van der Waals surface area contributed by atoms with Crippen LogP contribution in [0.15, 0.2) is 76.4 Å². The van der Waals surface area contributed by atoms with Crippen LogP contribution in [-0.4, -0.2) is 36.3 Å². The van der Waals surface area contributed by atoms with Crippen molar-refractivity contribution in [3.8, 4) is 0 Å². The molecule has 0 aliphatic carbocycles. The van der Waals surface area contributed by atoms with Crippen molar-refractivity contribution in [1.29, 1.82) is 0 Å². The van der Waals surface area contributed by atoms with Gasteiger partial charge in [-0.05, 0) is 61.7 Å². The minimum Gasteiger partial charge on any atom is -0.322 e. The van der Waals surface area contributed by atoms with Gasteiger partial charge in [-0.1, -0.05) is 23.8 Å².